The van der Waals surface area contributed by atoms with E-state index in [2.05, 4.69) is 47.6 Å². The first-order chi connectivity index (χ1) is 11.7. The van der Waals surface area contributed by atoms with Crippen LogP contribution in [0.15, 0.2) is 47.4 Å². The molecule has 1 N–H and O–H groups in total. The van der Waals surface area contributed by atoms with Crippen molar-refractivity contribution in [3.63, 3.8) is 0 Å². The number of benzene rings is 2. The van der Waals surface area contributed by atoms with Gasteiger partial charge < -0.3 is 10.2 Å². The molecule has 0 radical (unpaired) electrons. The lowest BCUT2D eigenvalue weighted by molar-refractivity contribution is -0.118. The lowest BCUT2D eigenvalue weighted by atomic mass is 9.94. The zero-order valence-corrected chi connectivity index (χ0v) is 15.1. The molecule has 0 saturated carbocycles. The van der Waals surface area contributed by atoms with E-state index in [-0.39, 0.29) is 5.91 Å². The third kappa shape index (κ3) is 4.99. The van der Waals surface area contributed by atoms with E-state index >= 15 is 0 Å². The number of rotatable bonds is 6. The standard InChI is InChI=1S/C20H26N2OS/c1-22-12-9-16(10-13-22)8-11-21-20(23)15-24-19-7-6-17-4-2-3-5-18(17)14-19/h2-7,14,16H,8-13,15H2,1H3,(H,21,23). The molecular weight excluding hydrogens is 316 g/mol. The molecule has 4 heteroatoms. The van der Waals surface area contributed by atoms with Gasteiger partial charge >= 0.3 is 0 Å². The highest BCUT2D eigenvalue weighted by Gasteiger charge is 2.16. The molecule has 1 heterocycles. The van der Waals surface area contributed by atoms with E-state index in [9.17, 15) is 4.79 Å². The topological polar surface area (TPSA) is 32.3 Å². The van der Waals surface area contributed by atoms with E-state index in [1.165, 1.54) is 36.7 Å². The lowest BCUT2D eigenvalue weighted by Gasteiger charge is -2.28. The zero-order chi connectivity index (χ0) is 16.8. The smallest absolute Gasteiger partial charge is 0.230 e. The van der Waals surface area contributed by atoms with Gasteiger partial charge in [-0.05, 0) is 68.2 Å². The Balaban J connectivity index is 1.38. The molecule has 0 aliphatic carbocycles. The molecule has 2 aromatic carbocycles. The fraction of sp³-hybridized carbons (Fsp3) is 0.450. The highest BCUT2D eigenvalue weighted by atomic mass is 32.2. The molecule has 1 amide bonds. The molecule has 24 heavy (non-hydrogen) atoms. The third-order valence-electron chi connectivity index (χ3n) is 4.80. The number of carbonyl (C=O) groups excluding carboxylic acids is 1. The number of likely N-dealkylation sites (tertiary alicyclic amines) is 1. The maximum Gasteiger partial charge on any atom is 0.230 e. The second kappa shape index (κ2) is 8.54. The predicted octanol–water partition coefficient (Wildman–Crippen LogP) is 3.78. The summed E-state index contributed by atoms with van der Waals surface area (Å²) in [5.74, 6) is 1.40. The van der Waals surface area contributed by atoms with Gasteiger partial charge in [0.25, 0.3) is 0 Å². The van der Waals surface area contributed by atoms with Crippen LogP contribution in [0.1, 0.15) is 19.3 Å². The summed E-state index contributed by atoms with van der Waals surface area (Å²) in [5.41, 5.74) is 0. The van der Waals surface area contributed by atoms with Crippen LogP contribution in [0.5, 0.6) is 0 Å². The monoisotopic (exact) mass is 342 g/mol. The Bertz CT molecular complexity index is 680. The minimum Gasteiger partial charge on any atom is -0.355 e. The summed E-state index contributed by atoms with van der Waals surface area (Å²) in [6.07, 6.45) is 3.64. The van der Waals surface area contributed by atoms with Gasteiger partial charge in [0, 0.05) is 11.4 Å². The van der Waals surface area contributed by atoms with Crippen molar-refractivity contribution >= 4 is 28.4 Å². The van der Waals surface area contributed by atoms with Crippen LogP contribution in [0.2, 0.25) is 0 Å². The van der Waals surface area contributed by atoms with Crippen LogP contribution in [0.4, 0.5) is 0 Å². The minimum atomic E-state index is 0.140. The number of amides is 1. The van der Waals surface area contributed by atoms with Gasteiger partial charge in [-0.15, -0.1) is 11.8 Å². The van der Waals surface area contributed by atoms with Crippen molar-refractivity contribution < 1.29 is 4.79 Å². The molecule has 128 valence electrons. The van der Waals surface area contributed by atoms with Gasteiger partial charge in [-0.1, -0.05) is 30.3 Å². The molecule has 3 nitrogen and oxygen atoms in total. The molecule has 1 aliphatic heterocycles. The number of nitrogens with one attached hydrogen (secondary N) is 1. The normalized spacial score (nSPS) is 16.4. The number of hydrogen-bond acceptors (Lipinski definition) is 3. The summed E-state index contributed by atoms with van der Waals surface area (Å²) in [7, 11) is 2.18. The molecule has 0 unspecified atom stereocenters. The van der Waals surface area contributed by atoms with Crippen LogP contribution in [0.3, 0.4) is 0 Å². The van der Waals surface area contributed by atoms with Gasteiger partial charge in [0.2, 0.25) is 5.91 Å². The molecule has 0 spiro atoms. The number of nitrogens with zero attached hydrogens (tertiary/aromatic N) is 1. The fourth-order valence-electron chi connectivity index (χ4n) is 3.22. The average Bonchev–Trinajstić information content (AvgIpc) is 2.61. The van der Waals surface area contributed by atoms with Crippen molar-refractivity contribution in [2.45, 2.75) is 24.2 Å². The number of hydrogen-bond donors (Lipinski definition) is 1. The zero-order valence-electron chi connectivity index (χ0n) is 14.3. The van der Waals surface area contributed by atoms with Gasteiger partial charge in [0.05, 0.1) is 5.75 Å². The van der Waals surface area contributed by atoms with Gasteiger partial charge in [-0.3, -0.25) is 4.79 Å². The van der Waals surface area contributed by atoms with Crippen LogP contribution < -0.4 is 5.32 Å². The SMILES string of the molecule is CN1CCC(CCNC(=O)CSc2ccc3ccccc3c2)CC1. The summed E-state index contributed by atoms with van der Waals surface area (Å²) in [4.78, 5) is 15.6. The maximum atomic E-state index is 12.0. The van der Waals surface area contributed by atoms with Crippen LogP contribution in [-0.2, 0) is 4.79 Å². The largest absolute Gasteiger partial charge is 0.355 e. The molecule has 3 rings (SSSR count). The molecule has 1 fully saturated rings. The summed E-state index contributed by atoms with van der Waals surface area (Å²) in [6, 6.07) is 14.7. The van der Waals surface area contributed by atoms with E-state index < -0.39 is 0 Å². The van der Waals surface area contributed by atoms with E-state index in [0.29, 0.717) is 5.75 Å². The van der Waals surface area contributed by atoms with Gasteiger partial charge in [0.1, 0.15) is 0 Å². The average molecular weight is 343 g/mol. The molecule has 0 atom stereocenters. The molecule has 1 aliphatic rings. The van der Waals surface area contributed by atoms with E-state index in [1.807, 2.05) is 12.1 Å². The summed E-state index contributed by atoms with van der Waals surface area (Å²) in [5, 5.41) is 5.54. The second-order valence-electron chi connectivity index (χ2n) is 6.68. The van der Waals surface area contributed by atoms with Crippen molar-refractivity contribution in [1.82, 2.24) is 10.2 Å². The fourth-order valence-corrected chi connectivity index (χ4v) is 4.00. The van der Waals surface area contributed by atoms with Crippen LogP contribution in [0, 0.1) is 5.92 Å². The first-order valence-corrected chi connectivity index (χ1v) is 9.76. The Morgan fingerprint density at radius 1 is 1.17 bits per heavy atom. The first-order valence-electron chi connectivity index (χ1n) is 8.77. The molecule has 2 aromatic rings. The first kappa shape index (κ1) is 17.3. The third-order valence-corrected chi connectivity index (χ3v) is 5.80. The minimum absolute atomic E-state index is 0.140. The van der Waals surface area contributed by atoms with E-state index in [0.717, 1.165) is 23.8 Å². The Labute approximate surface area is 148 Å². The number of fused-ring (bicyclic) bond motifs is 1. The van der Waals surface area contributed by atoms with Crippen molar-refractivity contribution in [3.05, 3.63) is 42.5 Å². The van der Waals surface area contributed by atoms with Crippen LogP contribution in [0.25, 0.3) is 10.8 Å². The quantitative estimate of drug-likeness (QED) is 0.811. The van der Waals surface area contributed by atoms with E-state index in [4.69, 9.17) is 0 Å². The van der Waals surface area contributed by atoms with E-state index in [1.54, 1.807) is 11.8 Å². The van der Waals surface area contributed by atoms with Crippen LogP contribution in [-0.4, -0.2) is 43.2 Å². The van der Waals surface area contributed by atoms with Gasteiger partial charge in [-0.25, -0.2) is 0 Å². The second-order valence-corrected chi connectivity index (χ2v) is 7.73. The van der Waals surface area contributed by atoms with Gasteiger partial charge in [0.15, 0.2) is 0 Å². The molecule has 0 bridgehead atoms. The van der Waals surface area contributed by atoms with Crippen molar-refractivity contribution in [3.8, 4) is 0 Å². The highest BCUT2D eigenvalue weighted by Crippen LogP contribution is 2.23. The molecule has 1 saturated heterocycles. The summed E-state index contributed by atoms with van der Waals surface area (Å²) >= 11 is 1.61. The lowest BCUT2D eigenvalue weighted by Crippen LogP contribution is -2.33. The van der Waals surface area contributed by atoms with Crippen molar-refractivity contribution in [1.29, 1.82) is 0 Å². The predicted molar refractivity (Wildman–Crippen MR) is 103 cm³/mol. The Morgan fingerprint density at radius 3 is 2.71 bits per heavy atom. The summed E-state index contributed by atoms with van der Waals surface area (Å²) in [6.45, 7) is 3.19. The summed E-state index contributed by atoms with van der Waals surface area (Å²) < 4.78 is 0. The van der Waals surface area contributed by atoms with Crippen LogP contribution >= 0.6 is 11.8 Å². The highest BCUT2D eigenvalue weighted by molar-refractivity contribution is 8.00. The Kier molecular flexibility index (Phi) is 6.16. The Hall–Kier alpha value is -1.52. The number of piperidine rings is 1. The molecule has 0 aromatic heterocycles. The molecular formula is C20H26N2OS. The number of thioether (sulfide) groups is 1. The van der Waals surface area contributed by atoms with Crippen molar-refractivity contribution in [2.24, 2.45) is 5.92 Å². The van der Waals surface area contributed by atoms with Gasteiger partial charge in [-0.2, -0.15) is 0 Å². The maximum absolute atomic E-state index is 12.0. The Morgan fingerprint density at radius 2 is 1.92 bits per heavy atom. The van der Waals surface area contributed by atoms with Crippen molar-refractivity contribution in [2.75, 3.05) is 32.4 Å². The number of carbonyl (C=O) groups is 1.